The fourth-order valence-corrected chi connectivity index (χ4v) is 10.3. The number of ether oxygens (including phenoxy) is 4. The molecule has 0 aromatic rings. The van der Waals surface area contributed by atoms with Crippen LogP contribution in [0, 0.1) is 51.8 Å². The molecule has 0 amide bonds. The van der Waals surface area contributed by atoms with Crippen molar-refractivity contribution < 1.29 is 43.5 Å². The molecule has 0 radical (unpaired) electrons. The predicted octanol–water partition coefficient (Wildman–Crippen LogP) is 4.79. The lowest BCUT2D eigenvalue weighted by molar-refractivity contribution is -0.309. The lowest BCUT2D eigenvalue weighted by Crippen LogP contribution is -2.64. The molecule has 0 aromatic heterocycles. The van der Waals surface area contributed by atoms with E-state index in [1.54, 1.807) is 6.92 Å². The van der Waals surface area contributed by atoms with Gasteiger partial charge in [-0.25, -0.2) is 0 Å². The molecule has 1 saturated heterocycles. The molecule has 3 saturated carbocycles. The Morgan fingerprint density at radius 2 is 1.88 bits per heavy atom. The fraction of sp³-hybridized carbons (Fsp3) is 0.853. The highest BCUT2D eigenvalue weighted by molar-refractivity contribution is 5.90. The van der Waals surface area contributed by atoms with Gasteiger partial charge in [-0.1, -0.05) is 65.5 Å². The highest BCUT2D eigenvalue weighted by Crippen LogP contribution is 2.82. The number of aldehydes is 1. The van der Waals surface area contributed by atoms with E-state index in [0.29, 0.717) is 25.2 Å². The maximum absolute atomic E-state index is 13.7. The van der Waals surface area contributed by atoms with Crippen molar-refractivity contribution in [2.45, 2.75) is 117 Å². The zero-order valence-electron chi connectivity index (χ0n) is 26.9. The van der Waals surface area contributed by atoms with E-state index in [4.69, 9.17) is 18.9 Å². The van der Waals surface area contributed by atoms with Gasteiger partial charge in [-0.2, -0.15) is 0 Å². The zero-order valence-corrected chi connectivity index (χ0v) is 26.9. The van der Waals surface area contributed by atoms with Crippen molar-refractivity contribution in [1.82, 2.24) is 0 Å². The first kappa shape index (κ1) is 32.6. The Morgan fingerprint density at radius 1 is 1.16 bits per heavy atom. The maximum Gasteiger partial charge on any atom is 0.315 e. The minimum atomic E-state index is -1.38. The molecule has 1 aliphatic heterocycles. The standard InChI is InChI=1S/C34H52O9/c1-8-9-10-20(5)29(37)43-28-26(36)30(42-21(6)27(28)40-7)41-17-33-15-23-19(4)11-12-24(23)32(16-35)14-22(33)13-25(18(2)3)34(32,33)31(38)39/h13,16,18-24,26-28,30,36H,8-12,14-15,17H2,1-7H3,(H,38,39)/t19-,20?,21-,22?,23-,24-,26?,27-,28+,30-,32?,33?,34?/m1/s1. The molecule has 2 N–H and O–H groups in total. The van der Waals surface area contributed by atoms with Crippen molar-refractivity contribution in [2.75, 3.05) is 13.7 Å². The van der Waals surface area contributed by atoms with Gasteiger partial charge in [0.25, 0.3) is 0 Å². The van der Waals surface area contributed by atoms with Crippen LogP contribution < -0.4 is 0 Å². The smallest absolute Gasteiger partial charge is 0.315 e. The molecule has 242 valence electrons. The average molecular weight is 605 g/mol. The second-order valence-electron chi connectivity index (χ2n) is 14.6. The molecule has 9 heteroatoms. The number of hydrogen-bond acceptors (Lipinski definition) is 8. The van der Waals surface area contributed by atoms with Crippen molar-refractivity contribution in [3.8, 4) is 0 Å². The second kappa shape index (κ2) is 11.8. The van der Waals surface area contributed by atoms with Crippen LogP contribution in [0.15, 0.2) is 11.6 Å². The van der Waals surface area contributed by atoms with Gasteiger partial charge in [-0.3, -0.25) is 9.59 Å². The number of aliphatic hydroxyl groups is 1. The van der Waals surface area contributed by atoms with Crippen molar-refractivity contribution >= 4 is 18.2 Å². The Balaban J connectivity index is 1.47. The summed E-state index contributed by atoms with van der Waals surface area (Å²) >= 11 is 0. The number of carboxylic acids is 1. The molecule has 13 atom stereocenters. The van der Waals surface area contributed by atoms with E-state index in [1.807, 2.05) is 20.8 Å². The normalized spacial score (nSPS) is 45.5. The van der Waals surface area contributed by atoms with E-state index in [-0.39, 0.29) is 36.2 Å². The van der Waals surface area contributed by atoms with Crippen LogP contribution >= 0.6 is 0 Å². The van der Waals surface area contributed by atoms with Gasteiger partial charge in [0, 0.05) is 12.5 Å². The summed E-state index contributed by atoms with van der Waals surface area (Å²) in [6.45, 7) is 11.9. The van der Waals surface area contributed by atoms with Crippen LogP contribution in [-0.2, 0) is 33.3 Å². The Bertz CT molecular complexity index is 1120. The molecular formula is C34H52O9. The molecule has 1 heterocycles. The van der Waals surface area contributed by atoms with Gasteiger partial charge in [0.2, 0.25) is 0 Å². The summed E-state index contributed by atoms with van der Waals surface area (Å²) in [4.78, 5) is 40.0. The van der Waals surface area contributed by atoms with E-state index in [1.165, 1.54) is 7.11 Å². The number of unbranched alkanes of at least 4 members (excludes halogenated alkanes) is 1. The highest BCUT2D eigenvalue weighted by atomic mass is 16.7. The molecule has 6 unspecified atom stereocenters. The maximum atomic E-state index is 13.7. The van der Waals surface area contributed by atoms with Crippen LogP contribution in [0.4, 0.5) is 0 Å². The van der Waals surface area contributed by atoms with Gasteiger partial charge < -0.3 is 34.0 Å². The third-order valence-corrected chi connectivity index (χ3v) is 12.3. The van der Waals surface area contributed by atoms with Gasteiger partial charge in [0.1, 0.15) is 23.9 Å². The minimum absolute atomic E-state index is 0.0158. The molecule has 0 spiro atoms. The van der Waals surface area contributed by atoms with Crippen molar-refractivity contribution in [3.63, 3.8) is 0 Å². The predicted molar refractivity (Wildman–Crippen MR) is 158 cm³/mol. The molecule has 5 rings (SSSR count). The van der Waals surface area contributed by atoms with E-state index < -0.39 is 58.9 Å². The van der Waals surface area contributed by atoms with Crippen molar-refractivity contribution in [1.29, 1.82) is 0 Å². The second-order valence-corrected chi connectivity index (χ2v) is 14.6. The number of aliphatic carboxylic acids is 1. The quantitative estimate of drug-likeness (QED) is 0.184. The number of carboxylic acid groups (broad SMARTS) is 1. The molecule has 0 aromatic carbocycles. The van der Waals surface area contributed by atoms with Gasteiger partial charge in [0.15, 0.2) is 12.4 Å². The third kappa shape index (κ3) is 4.50. The lowest BCUT2D eigenvalue weighted by atomic mass is 9.43. The topological polar surface area (TPSA) is 129 Å². The number of aliphatic hydroxyl groups excluding tert-OH is 1. The van der Waals surface area contributed by atoms with Gasteiger partial charge in [-0.05, 0) is 62.2 Å². The summed E-state index contributed by atoms with van der Waals surface area (Å²) in [5.41, 5.74) is -2.41. The summed E-state index contributed by atoms with van der Waals surface area (Å²) in [5.74, 6) is -1.24. The number of carbonyl (C=O) groups is 3. The first-order valence-electron chi connectivity index (χ1n) is 16.5. The van der Waals surface area contributed by atoms with Gasteiger partial charge >= 0.3 is 11.9 Å². The molecule has 4 fully saturated rings. The van der Waals surface area contributed by atoms with E-state index in [0.717, 1.165) is 37.5 Å². The lowest BCUT2D eigenvalue weighted by Gasteiger charge is -2.58. The average Bonchev–Trinajstić information content (AvgIpc) is 3.54. The Kier molecular flexibility index (Phi) is 8.97. The Morgan fingerprint density at radius 3 is 2.49 bits per heavy atom. The largest absolute Gasteiger partial charge is 0.481 e. The van der Waals surface area contributed by atoms with Crippen LogP contribution in [0.5, 0.6) is 0 Å². The number of hydrogen-bond donors (Lipinski definition) is 2. The fourth-order valence-electron chi connectivity index (χ4n) is 10.3. The van der Waals surface area contributed by atoms with Crippen molar-refractivity contribution in [3.05, 3.63) is 11.6 Å². The van der Waals surface area contributed by atoms with Gasteiger partial charge in [-0.15, -0.1) is 0 Å². The number of methoxy groups -OCH3 is 1. The van der Waals surface area contributed by atoms with Crippen LogP contribution in [0.2, 0.25) is 0 Å². The summed E-state index contributed by atoms with van der Waals surface area (Å²) in [5, 5.41) is 22.7. The summed E-state index contributed by atoms with van der Waals surface area (Å²) in [7, 11) is 1.49. The number of allylic oxidation sites excluding steroid dienone is 1. The van der Waals surface area contributed by atoms with E-state index in [2.05, 4.69) is 19.9 Å². The molecule has 4 bridgehead atoms. The van der Waals surface area contributed by atoms with E-state index in [9.17, 15) is 24.6 Å². The molecular weight excluding hydrogens is 552 g/mol. The Hall–Kier alpha value is -1.81. The highest BCUT2D eigenvalue weighted by Gasteiger charge is 2.84. The molecule has 9 nitrogen and oxygen atoms in total. The minimum Gasteiger partial charge on any atom is -0.481 e. The summed E-state index contributed by atoms with van der Waals surface area (Å²) in [6.07, 6.45) is 3.89. The zero-order chi connectivity index (χ0) is 31.5. The summed E-state index contributed by atoms with van der Waals surface area (Å²) < 4.78 is 24.1. The monoisotopic (exact) mass is 604 g/mol. The van der Waals surface area contributed by atoms with Crippen molar-refractivity contribution in [2.24, 2.45) is 51.8 Å². The van der Waals surface area contributed by atoms with Crippen LogP contribution in [-0.4, -0.2) is 72.9 Å². The molecule has 4 aliphatic carbocycles. The first-order valence-corrected chi connectivity index (χ1v) is 16.5. The van der Waals surface area contributed by atoms with Crippen LogP contribution in [0.25, 0.3) is 0 Å². The molecule has 43 heavy (non-hydrogen) atoms. The number of fused-ring (bicyclic) bond motifs is 2. The number of esters is 1. The van der Waals surface area contributed by atoms with E-state index >= 15 is 0 Å². The van der Waals surface area contributed by atoms with Gasteiger partial charge in [0.05, 0.1) is 24.0 Å². The number of carbonyl (C=O) groups excluding carboxylic acids is 2. The SMILES string of the molecule is CCCCC(C)C(=O)O[C@H]1C(O)[C@H](OCC23C[C@@H]4[C@H](C)CC[C@H]4C4(C=O)CC2C=C(C(C)C)C34C(=O)O)O[C@H](C)[C@H]1OC. The third-order valence-electron chi connectivity index (χ3n) is 12.3. The summed E-state index contributed by atoms with van der Waals surface area (Å²) in [6, 6.07) is 0. The molecule has 5 aliphatic rings. The Labute approximate surface area is 256 Å². The van der Waals surface area contributed by atoms with Crippen LogP contribution in [0.3, 0.4) is 0 Å². The van der Waals surface area contributed by atoms with Crippen LogP contribution in [0.1, 0.15) is 86.5 Å². The first-order chi connectivity index (χ1) is 20.4. The number of rotatable bonds is 12.